The van der Waals surface area contributed by atoms with E-state index in [1.165, 1.54) is 6.07 Å². The smallest absolute Gasteiger partial charge is 0.177 e. The number of aromatic nitrogens is 4. The molecule has 0 fully saturated rings. The minimum atomic E-state index is -0.277. The molecule has 2 heterocycles. The Labute approximate surface area is 203 Å². The minimum Gasteiger partial charge on any atom is -0.316 e. The van der Waals surface area contributed by atoms with E-state index in [0.717, 1.165) is 5.56 Å². The van der Waals surface area contributed by atoms with Crippen molar-refractivity contribution in [3.05, 3.63) is 92.9 Å². The van der Waals surface area contributed by atoms with Gasteiger partial charge in [0.25, 0.3) is 0 Å². The third-order valence-electron chi connectivity index (χ3n) is 4.45. The van der Waals surface area contributed by atoms with Gasteiger partial charge in [-0.2, -0.15) is 10.2 Å². The summed E-state index contributed by atoms with van der Waals surface area (Å²) in [5, 5.41) is 16.3. The second-order valence-corrected chi connectivity index (χ2v) is 8.47. The Hall–Kier alpha value is -2.65. The van der Waals surface area contributed by atoms with Gasteiger partial charge in [0.05, 0.1) is 23.1 Å². The first-order chi connectivity index (χ1) is 15.4. The highest BCUT2D eigenvalue weighted by Crippen LogP contribution is 2.24. The van der Waals surface area contributed by atoms with Gasteiger partial charge in [-0.1, -0.05) is 59.1 Å². The molecular weight excluding hydrogens is 494 g/mol. The van der Waals surface area contributed by atoms with Crippen LogP contribution in [0.15, 0.2) is 60.9 Å². The summed E-state index contributed by atoms with van der Waals surface area (Å²) >= 11 is 23.6. The van der Waals surface area contributed by atoms with Gasteiger partial charge in [0.15, 0.2) is 16.7 Å². The molecule has 0 aliphatic rings. The molecule has 2 aromatic heterocycles. The second-order valence-electron chi connectivity index (χ2n) is 6.84. The highest BCUT2D eigenvalue weighted by atomic mass is 35.5. The number of thiocarbonyl (C=S) groups is 1. The summed E-state index contributed by atoms with van der Waals surface area (Å²) in [6.07, 6.45) is 3.41. The fraction of sp³-hybridized carbons (Fsp3) is 0.0952. The standard InChI is InChI=1S/C21H16Cl3FN6S/c22-15-6-5-13(9-16(15)23)10-31-12-17(24)20(29-31)27-21(32)26-19-7-8-30(28-19)11-14-3-1-2-4-18(14)25/h1-9,12H,10-11H2,(H2,26,27,28,29,32). The van der Waals surface area contributed by atoms with Gasteiger partial charge in [0.2, 0.25) is 0 Å². The molecule has 6 nitrogen and oxygen atoms in total. The number of nitrogens with one attached hydrogen (secondary N) is 2. The molecule has 0 saturated carbocycles. The van der Waals surface area contributed by atoms with Crippen LogP contribution in [0.1, 0.15) is 11.1 Å². The van der Waals surface area contributed by atoms with Crippen molar-refractivity contribution in [2.24, 2.45) is 0 Å². The predicted octanol–water partition coefficient (Wildman–Crippen LogP) is 6.08. The van der Waals surface area contributed by atoms with Crippen molar-refractivity contribution in [3.63, 3.8) is 0 Å². The molecular formula is C21H16Cl3FN6S. The summed E-state index contributed by atoms with van der Waals surface area (Å²) in [5.74, 6) is 0.626. The zero-order chi connectivity index (χ0) is 22.7. The summed E-state index contributed by atoms with van der Waals surface area (Å²) in [6.45, 7) is 0.762. The number of hydrogen-bond acceptors (Lipinski definition) is 3. The van der Waals surface area contributed by atoms with E-state index >= 15 is 0 Å². The van der Waals surface area contributed by atoms with E-state index in [1.807, 2.05) is 6.07 Å². The number of halogens is 4. The van der Waals surface area contributed by atoms with E-state index in [1.54, 1.807) is 58.2 Å². The monoisotopic (exact) mass is 508 g/mol. The van der Waals surface area contributed by atoms with E-state index in [4.69, 9.17) is 47.0 Å². The van der Waals surface area contributed by atoms with Gasteiger partial charge in [-0.15, -0.1) is 0 Å². The van der Waals surface area contributed by atoms with Crippen molar-refractivity contribution < 1.29 is 4.39 Å². The molecule has 0 bridgehead atoms. The number of hydrogen-bond donors (Lipinski definition) is 2. The highest BCUT2D eigenvalue weighted by Gasteiger charge is 2.11. The lowest BCUT2D eigenvalue weighted by molar-refractivity contribution is 0.586. The number of benzene rings is 2. The van der Waals surface area contributed by atoms with Gasteiger partial charge in [0, 0.05) is 24.0 Å². The number of rotatable bonds is 6. The summed E-state index contributed by atoms with van der Waals surface area (Å²) in [5.41, 5.74) is 1.47. The lowest BCUT2D eigenvalue weighted by Gasteiger charge is -2.07. The van der Waals surface area contributed by atoms with Crippen molar-refractivity contribution in [1.29, 1.82) is 0 Å². The normalized spacial score (nSPS) is 10.9. The molecule has 32 heavy (non-hydrogen) atoms. The van der Waals surface area contributed by atoms with Gasteiger partial charge in [0.1, 0.15) is 10.8 Å². The molecule has 0 aliphatic heterocycles. The molecule has 0 aliphatic carbocycles. The first-order valence-electron chi connectivity index (χ1n) is 9.39. The Morgan fingerprint density at radius 2 is 1.72 bits per heavy atom. The Balaban J connectivity index is 1.37. The second kappa shape index (κ2) is 9.87. The summed E-state index contributed by atoms with van der Waals surface area (Å²) < 4.78 is 17.1. The van der Waals surface area contributed by atoms with E-state index in [2.05, 4.69) is 20.8 Å². The van der Waals surface area contributed by atoms with E-state index in [0.29, 0.717) is 45.4 Å². The lowest BCUT2D eigenvalue weighted by atomic mass is 10.2. The van der Waals surface area contributed by atoms with E-state index in [-0.39, 0.29) is 10.9 Å². The van der Waals surface area contributed by atoms with Gasteiger partial charge >= 0.3 is 0 Å². The third kappa shape index (κ3) is 5.58. The van der Waals surface area contributed by atoms with Crippen molar-refractivity contribution in [1.82, 2.24) is 19.6 Å². The van der Waals surface area contributed by atoms with E-state index in [9.17, 15) is 4.39 Å². The fourth-order valence-corrected chi connectivity index (χ4v) is 3.68. The van der Waals surface area contributed by atoms with E-state index < -0.39 is 0 Å². The van der Waals surface area contributed by atoms with Crippen molar-refractivity contribution in [2.75, 3.05) is 10.6 Å². The Morgan fingerprint density at radius 3 is 2.50 bits per heavy atom. The fourth-order valence-electron chi connectivity index (χ4n) is 2.96. The summed E-state index contributed by atoms with van der Waals surface area (Å²) in [7, 11) is 0. The van der Waals surface area contributed by atoms with Crippen LogP contribution >= 0.6 is 47.0 Å². The molecule has 4 rings (SSSR count). The van der Waals surface area contributed by atoms with Gasteiger partial charge in [-0.05, 0) is 36.0 Å². The molecule has 2 N–H and O–H groups in total. The van der Waals surface area contributed by atoms with Crippen LogP contribution in [-0.2, 0) is 13.1 Å². The maximum atomic E-state index is 13.8. The molecule has 4 aromatic rings. The predicted molar refractivity (Wildman–Crippen MR) is 130 cm³/mol. The Morgan fingerprint density at radius 1 is 0.906 bits per heavy atom. The topological polar surface area (TPSA) is 59.7 Å². The molecule has 0 saturated heterocycles. The van der Waals surface area contributed by atoms with Crippen LogP contribution in [0, 0.1) is 5.82 Å². The van der Waals surface area contributed by atoms with Crippen LogP contribution < -0.4 is 10.6 Å². The Bertz CT molecular complexity index is 1270. The van der Waals surface area contributed by atoms with Crippen LogP contribution in [0.5, 0.6) is 0 Å². The zero-order valence-electron chi connectivity index (χ0n) is 16.4. The first kappa shape index (κ1) is 22.5. The zero-order valence-corrected chi connectivity index (χ0v) is 19.5. The van der Waals surface area contributed by atoms with Crippen LogP contribution in [0.25, 0.3) is 0 Å². The average molecular weight is 510 g/mol. The van der Waals surface area contributed by atoms with Crippen molar-refractivity contribution in [3.8, 4) is 0 Å². The van der Waals surface area contributed by atoms with Crippen molar-refractivity contribution >= 4 is 63.8 Å². The highest BCUT2D eigenvalue weighted by molar-refractivity contribution is 7.80. The number of nitrogens with zero attached hydrogens (tertiary/aromatic N) is 4. The maximum absolute atomic E-state index is 13.8. The van der Waals surface area contributed by atoms with Crippen molar-refractivity contribution in [2.45, 2.75) is 13.1 Å². The summed E-state index contributed by atoms with van der Waals surface area (Å²) in [4.78, 5) is 0. The molecule has 0 radical (unpaired) electrons. The quantitative estimate of drug-likeness (QED) is 0.308. The maximum Gasteiger partial charge on any atom is 0.177 e. The molecule has 0 unspecified atom stereocenters. The van der Waals surface area contributed by atoms with Crippen LogP contribution in [0.2, 0.25) is 15.1 Å². The largest absolute Gasteiger partial charge is 0.316 e. The van der Waals surface area contributed by atoms with Gasteiger partial charge < -0.3 is 10.6 Å². The van der Waals surface area contributed by atoms with Crippen LogP contribution in [0.4, 0.5) is 16.0 Å². The first-order valence-corrected chi connectivity index (χ1v) is 10.9. The lowest BCUT2D eigenvalue weighted by Crippen LogP contribution is -2.20. The molecule has 164 valence electrons. The van der Waals surface area contributed by atoms with Gasteiger partial charge in [-0.3, -0.25) is 9.36 Å². The van der Waals surface area contributed by atoms with Gasteiger partial charge in [-0.25, -0.2) is 4.39 Å². The summed E-state index contributed by atoms with van der Waals surface area (Å²) in [6, 6.07) is 13.7. The Kier molecular flexibility index (Phi) is 6.95. The number of anilines is 2. The van der Waals surface area contributed by atoms with Crippen LogP contribution in [-0.4, -0.2) is 24.7 Å². The molecule has 11 heteroatoms. The minimum absolute atomic E-state index is 0.267. The van der Waals surface area contributed by atoms with Crippen LogP contribution in [0.3, 0.4) is 0 Å². The molecule has 2 aromatic carbocycles. The molecule has 0 amide bonds. The SMILES string of the molecule is Fc1ccccc1Cn1ccc(NC(=S)Nc2nn(Cc3ccc(Cl)c(Cl)c3)cc2Cl)n1. The third-order valence-corrected chi connectivity index (χ3v) is 5.67. The molecule has 0 atom stereocenters. The average Bonchev–Trinajstić information content (AvgIpc) is 3.32. The molecule has 0 spiro atoms.